The van der Waals surface area contributed by atoms with Crippen LogP contribution in [0.5, 0.6) is 0 Å². The molecular weight excluding hydrogens is 308 g/mol. The van der Waals surface area contributed by atoms with Crippen LogP contribution in [0.25, 0.3) is 0 Å². The van der Waals surface area contributed by atoms with Gasteiger partial charge in [-0.2, -0.15) is 0 Å². The molecule has 7 heteroatoms. The number of halogens is 1. The van der Waals surface area contributed by atoms with E-state index in [9.17, 15) is 4.79 Å². The summed E-state index contributed by atoms with van der Waals surface area (Å²) in [6.07, 6.45) is 0.975. The van der Waals surface area contributed by atoms with Crippen molar-refractivity contribution in [2.75, 3.05) is 22.9 Å². The number of nitrogen functional groups attached to an aromatic ring is 1. The minimum absolute atomic E-state index is 0.231. The first kappa shape index (κ1) is 15.6. The Kier molecular flexibility index (Phi) is 5.03. The van der Waals surface area contributed by atoms with E-state index in [2.05, 4.69) is 22.5 Å². The minimum atomic E-state index is -0.283. The van der Waals surface area contributed by atoms with E-state index in [0.717, 1.165) is 18.5 Å². The normalized spacial score (nSPS) is 10.4. The Morgan fingerprint density at radius 1 is 1.48 bits per heavy atom. The lowest BCUT2D eigenvalue weighted by molar-refractivity contribution is 0.103. The zero-order chi connectivity index (χ0) is 15.4. The largest absolute Gasteiger partial charge is 0.382 e. The first-order valence-electron chi connectivity index (χ1n) is 6.59. The van der Waals surface area contributed by atoms with E-state index in [1.807, 2.05) is 13.0 Å². The van der Waals surface area contributed by atoms with Gasteiger partial charge in [0, 0.05) is 17.3 Å². The summed E-state index contributed by atoms with van der Waals surface area (Å²) in [6.45, 7) is 4.75. The molecular formula is C14H17ClN4OS. The number of nitrogens with two attached hydrogens (primary N) is 1. The first-order chi connectivity index (χ1) is 10.0. The van der Waals surface area contributed by atoms with Crippen LogP contribution in [-0.2, 0) is 0 Å². The number of rotatable bonds is 5. The zero-order valence-electron chi connectivity index (χ0n) is 11.9. The zero-order valence-corrected chi connectivity index (χ0v) is 13.4. The number of carbonyl (C=O) groups excluding carboxylic acids is 1. The van der Waals surface area contributed by atoms with Gasteiger partial charge in [-0.05, 0) is 31.0 Å². The molecule has 0 aliphatic carbocycles. The molecule has 0 saturated heterocycles. The number of aromatic nitrogens is 1. The molecule has 4 N–H and O–H groups in total. The number of amides is 1. The van der Waals surface area contributed by atoms with Gasteiger partial charge < -0.3 is 16.4 Å². The van der Waals surface area contributed by atoms with Gasteiger partial charge in [0.25, 0.3) is 5.91 Å². The van der Waals surface area contributed by atoms with Gasteiger partial charge in [0.2, 0.25) is 0 Å². The Morgan fingerprint density at radius 2 is 2.24 bits per heavy atom. The van der Waals surface area contributed by atoms with Crippen LogP contribution < -0.4 is 16.4 Å². The van der Waals surface area contributed by atoms with Crippen molar-refractivity contribution >= 4 is 45.5 Å². The maximum Gasteiger partial charge on any atom is 0.269 e. The predicted octanol–water partition coefficient (Wildman–Crippen LogP) is 3.76. The van der Waals surface area contributed by atoms with Crippen molar-refractivity contribution in [1.29, 1.82) is 0 Å². The summed E-state index contributed by atoms with van der Waals surface area (Å²) < 4.78 is 0. The van der Waals surface area contributed by atoms with Gasteiger partial charge in [-0.25, -0.2) is 4.98 Å². The summed E-state index contributed by atoms with van der Waals surface area (Å²) in [5, 5.41) is 7.15. The van der Waals surface area contributed by atoms with Gasteiger partial charge in [-0.3, -0.25) is 4.79 Å². The highest BCUT2D eigenvalue weighted by Crippen LogP contribution is 2.27. The summed E-state index contributed by atoms with van der Waals surface area (Å²) in [6, 6.07) is 5.36. The minimum Gasteiger partial charge on any atom is -0.382 e. The molecule has 21 heavy (non-hydrogen) atoms. The van der Waals surface area contributed by atoms with Crippen molar-refractivity contribution in [3.63, 3.8) is 0 Å². The van der Waals surface area contributed by atoms with Crippen molar-refractivity contribution < 1.29 is 4.79 Å². The molecule has 2 aromatic rings. The average molecular weight is 325 g/mol. The number of hydrogen-bond donors (Lipinski definition) is 3. The van der Waals surface area contributed by atoms with Crippen molar-refractivity contribution in [1.82, 2.24) is 4.98 Å². The highest BCUT2D eigenvalue weighted by molar-refractivity contribution is 7.18. The maximum atomic E-state index is 12.2. The number of aryl methyl sites for hydroxylation is 1. The monoisotopic (exact) mass is 324 g/mol. The lowest BCUT2D eigenvalue weighted by atomic mass is 10.2. The van der Waals surface area contributed by atoms with Gasteiger partial charge in [0.1, 0.15) is 10.7 Å². The van der Waals surface area contributed by atoms with Crippen LogP contribution in [-0.4, -0.2) is 17.4 Å². The molecule has 0 bridgehead atoms. The topological polar surface area (TPSA) is 80.0 Å². The maximum absolute atomic E-state index is 12.2. The summed E-state index contributed by atoms with van der Waals surface area (Å²) in [7, 11) is 0. The molecule has 1 amide bonds. The Morgan fingerprint density at radius 3 is 2.90 bits per heavy atom. The van der Waals surface area contributed by atoms with E-state index in [1.54, 1.807) is 12.1 Å². The van der Waals surface area contributed by atoms with Crippen molar-refractivity contribution in [3.05, 3.63) is 33.7 Å². The SMILES string of the molecule is CCCNc1nc(N)c(C(=O)Nc2ccc(C)c(Cl)c2)s1. The first-order valence-corrected chi connectivity index (χ1v) is 7.78. The molecule has 0 spiro atoms. The molecule has 0 fully saturated rings. The van der Waals surface area contributed by atoms with E-state index in [0.29, 0.717) is 20.7 Å². The number of nitrogens with zero attached hydrogens (tertiary/aromatic N) is 1. The lowest BCUT2D eigenvalue weighted by Gasteiger charge is -2.05. The van der Waals surface area contributed by atoms with Crippen molar-refractivity contribution in [2.45, 2.75) is 20.3 Å². The summed E-state index contributed by atoms with van der Waals surface area (Å²) >= 11 is 7.28. The molecule has 0 unspecified atom stereocenters. The Bertz CT molecular complexity index is 656. The summed E-state index contributed by atoms with van der Waals surface area (Å²) in [5.74, 6) is -0.0521. The highest BCUT2D eigenvalue weighted by Gasteiger charge is 2.16. The summed E-state index contributed by atoms with van der Waals surface area (Å²) in [4.78, 5) is 16.8. The number of thiazole rings is 1. The van der Waals surface area contributed by atoms with Crippen LogP contribution in [0.4, 0.5) is 16.6 Å². The van der Waals surface area contributed by atoms with E-state index in [4.69, 9.17) is 17.3 Å². The third kappa shape index (κ3) is 3.86. The third-order valence-corrected chi connectivity index (χ3v) is 4.25. The standard InChI is InChI=1S/C14H17ClN4OS/c1-3-6-17-14-19-12(16)11(21-14)13(20)18-9-5-4-8(2)10(15)7-9/h4-5,7H,3,6,16H2,1-2H3,(H,17,19)(H,18,20). The fourth-order valence-corrected chi connectivity index (χ4v) is 2.65. The number of anilines is 3. The quantitative estimate of drug-likeness (QED) is 0.782. The average Bonchev–Trinajstić information content (AvgIpc) is 2.82. The van der Waals surface area contributed by atoms with Crippen LogP contribution in [0, 0.1) is 6.92 Å². The van der Waals surface area contributed by atoms with E-state index in [1.165, 1.54) is 11.3 Å². The van der Waals surface area contributed by atoms with E-state index in [-0.39, 0.29) is 11.7 Å². The Labute approximate surface area is 132 Å². The Balaban J connectivity index is 2.12. The molecule has 1 aromatic heterocycles. The Hall–Kier alpha value is -1.79. The molecule has 112 valence electrons. The lowest BCUT2D eigenvalue weighted by Crippen LogP contribution is -2.12. The van der Waals surface area contributed by atoms with Crippen LogP contribution in [0.3, 0.4) is 0 Å². The number of benzene rings is 1. The van der Waals surface area contributed by atoms with Crippen molar-refractivity contribution in [2.24, 2.45) is 0 Å². The molecule has 0 saturated carbocycles. The summed E-state index contributed by atoms with van der Waals surface area (Å²) in [5.41, 5.74) is 7.38. The van der Waals surface area contributed by atoms with Gasteiger partial charge in [-0.1, -0.05) is 35.9 Å². The van der Waals surface area contributed by atoms with Crippen LogP contribution >= 0.6 is 22.9 Å². The third-order valence-electron chi connectivity index (χ3n) is 2.82. The second-order valence-corrected chi connectivity index (χ2v) is 5.98. The second-order valence-electron chi connectivity index (χ2n) is 4.58. The fourth-order valence-electron chi connectivity index (χ4n) is 1.66. The molecule has 0 aliphatic rings. The fraction of sp³-hybridized carbons (Fsp3) is 0.286. The van der Waals surface area contributed by atoms with Gasteiger partial charge in [-0.15, -0.1) is 0 Å². The molecule has 0 aliphatic heterocycles. The molecule has 0 radical (unpaired) electrons. The van der Waals surface area contributed by atoms with E-state index >= 15 is 0 Å². The number of carbonyl (C=O) groups is 1. The number of hydrogen-bond acceptors (Lipinski definition) is 5. The molecule has 2 rings (SSSR count). The smallest absolute Gasteiger partial charge is 0.269 e. The van der Waals surface area contributed by atoms with Crippen LogP contribution in [0.1, 0.15) is 28.6 Å². The van der Waals surface area contributed by atoms with Crippen LogP contribution in [0.2, 0.25) is 5.02 Å². The molecule has 1 aromatic carbocycles. The van der Waals surface area contributed by atoms with Gasteiger partial charge in [0.05, 0.1) is 0 Å². The van der Waals surface area contributed by atoms with Crippen molar-refractivity contribution in [3.8, 4) is 0 Å². The number of nitrogens with one attached hydrogen (secondary N) is 2. The predicted molar refractivity (Wildman–Crippen MR) is 89.4 cm³/mol. The second kappa shape index (κ2) is 6.78. The molecule has 1 heterocycles. The van der Waals surface area contributed by atoms with Gasteiger partial charge >= 0.3 is 0 Å². The van der Waals surface area contributed by atoms with Crippen LogP contribution in [0.15, 0.2) is 18.2 Å². The molecule has 0 atom stereocenters. The molecule has 5 nitrogen and oxygen atoms in total. The highest BCUT2D eigenvalue weighted by atomic mass is 35.5. The van der Waals surface area contributed by atoms with E-state index < -0.39 is 0 Å². The van der Waals surface area contributed by atoms with Gasteiger partial charge in [0.15, 0.2) is 5.13 Å².